The van der Waals surface area contributed by atoms with Crippen LogP contribution in [0.2, 0.25) is 0 Å². The van der Waals surface area contributed by atoms with Gasteiger partial charge >= 0.3 is 0 Å². The van der Waals surface area contributed by atoms with Gasteiger partial charge in [0.15, 0.2) is 5.82 Å². The van der Waals surface area contributed by atoms with E-state index in [-0.39, 0.29) is 0 Å². The van der Waals surface area contributed by atoms with Gasteiger partial charge in [-0.2, -0.15) is 4.80 Å². The maximum absolute atomic E-state index is 4.32. The summed E-state index contributed by atoms with van der Waals surface area (Å²) in [5, 5.41) is 12.4. The molecule has 2 rings (SSSR count). The molecule has 4 nitrogen and oxygen atoms in total. The Morgan fingerprint density at radius 1 is 1.19 bits per heavy atom. The highest BCUT2D eigenvalue weighted by atomic mass is 15.6. The third-order valence-electron chi connectivity index (χ3n) is 2.43. The maximum atomic E-state index is 4.32. The molecule has 1 aromatic carbocycles. The van der Waals surface area contributed by atoms with Gasteiger partial charge in [0.05, 0.1) is 6.54 Å². The smallest absolute Gasteiger partial charge is 0.160 e. The first-order chi connectivity index (χ1) is 7.65. The van der Waals surface area contributed by atoms with Crippen LogP contribution in [0.15, 0.2) is 24.3 Å². The van der Waals surface area contributed by atoms with Crippen molar-refractivity contribution in [3.8, 4) is 0 Å². The molecule has 4 heteroatoms. The molecule has 0 unspecified atom stereocenters. The number of aryl methyl sites for hydroxylation is 1. The van der Waals surface area contributed by atoms with E-state index >= 15 is 0 Å². The molecule has 2 aromatic rings. The zero-order chi connectivity index (χ0) is 11.5. The fraction of sp³-hybridized carbons (Fsp3) is 0.417. The average molecular weight is 216 g/mol. The van der Waals surface area contributed by atoms with Gasteiger partial charge in [0, 0.05) is 5.92 Å². The molecule has 0 aliphatic heterocycles. The van der Waals surface area contributed by atoms with E-state index in [1.807, 2.05) is 0 Å². The normalized spacial score (nSPS) is 11.0. The number of hydrogen-bond acceptors (Lipinski definition) is 3. The molecule has 0 N–H and O–H groups in total. The Morgan fingerprint density at radius 2 is 1.88 bits per heavy atom. The molecule has 16 heavy (non-hydrogen) atoms. The highest BCUT2D eigenvalue weighted by Crippen LogP contribution is 2.07. The summed E-state index contributed by atoms with van der Waals surface area (Å²) in [7, 11) is 0. The van der Waals surface area contributed by atoms with Gasteiger partial charge < -0.3 is 0 Å². The van der Waals surface area contributed by atoms with Crippen LogP contribution in [0.3, 0.4) is 0 Å². The first-order valence-electron chi connectivity index (χ1n) is 5.48. The lowest BCUT2D eigenvalue weighted by molar-refractivity contribution is 0.568. The van der Waals surface area contributed by atoms with Crippen LogP contribution in [0.5, 0.6) is 0 Å². The number of tetrazole rings is 1. The minimum atomic E-state index is 0.326. The summed E-state index contributed by atoms with van der Waals surface area (Å²) in [5.74, 6) is 1.12. The topological polar surface area (TPSA) is 43.6 Å². The Hall–Kier alpha value is -1.71. The predicted octanol–water partition coefficient (Wildman–Crippen LogP) is 2.15. The molecule has 0 amide bonds. The Labute approximate surface area is 95.3 Å². The fourth-order valence-corrected chi connectivity index (χ4v) is 1.41. The molecule has 0 radical (unpaired) electrons. The summed E-state index contributed by atoms with van der Waals surface area (Å²) in [5.41, 5.74) is 2.46. The first kappa shape index (κ1) is 10.8. The van der Waals surface area contributed by atoms with E-state index in [0.717, 1.165) is 5.82 Å². The molecule has 0 fully saturated rings. The SMILES string of the molecule is Cc1ccc(Cn2nnc(C(C)C)n2)cc1. The summed E-state index contributed by atoms with van der Waals surface area (Å²) in [6, 6.07) is 8.37. The predicted molar refractivity (Wildman–Crippen MR) is 62.2 cm³/mol. The van der Waals surface area contributed by atoms with E-state index in [1.54, 1.807) is 4.80 Å². The Morgan fingerprint density at radius 3 is 2.44 bits per heavy atom. The largest absolute Gasteiger partial charge is 0.177 e. The van der Waals surface area contributed by atoms with Crippen molar-refractivity contribution in [2.75, 3.05) is 0 Å². The molecule has 0 spiro atoms. The van der Waals surface area contributed by atoms with Crippen LogP contribution < -0.4 is 0 Å². The molecule has 84 valence electrons. The fourth-order valence-electron chi connectivity index (χ4n) is 1.41. The second-order valence-electron chi connectivity index (χ2n) is 4.32. The van der Waals surface area contributed by atoms with Crippen LogP contribution in [-0.2, 0) is 6.54 Å². The lowest BCUT2D eigenvalue weighted by Crippen LogP contribution is -2.04. The van der Waals surface area contributed by atoms with Gasteiger partial charge in [-0.1, -0.05) is 43.7 Å². The van der Waals surface area contributed by atoms with Crippen molar-refractivity contribution in [3.63, 3.8) is 0 Å². The highest BCUT2D eigenvalue weighted by molar-refractivity contribution is 5.21. The van der Waals surface area contributed by atoms with Crippen molar-refractivity contribution < 1.29 is 0 Å². The van der Waals surface area contributed by atoms with Gasteiger partial charge in [-0.05, 0) is 17.7 Å². The summed E-state index contributed by atoms with van der Waals surface area (Å²) in [4.78, 5) is 1.64. The van der Waals surface area contributed by atoms with Crippen LogP contribution in [-0.4, -0.2) is 20.2 Å². The van der Waals surface area contributed by atoms with Crippen molar-refractivity contribution >= 4 is 0 Å². The molecule has 0 saturated carbocycles. The minimum absolute atomic E-state index is 0.326. The zero-order valence-corrected chi connectivity index (χ0v) is 9.88. The van der Waals surface area contributed by atoms with Gasteiger partial charge in [-0.3, -0.25) is 0 Å². The van der Waals surface area contributed by atoms with E-state index in [0.29, 0.717) is 12.5 Å². The van der Waals surface area contributed by atoms with Crippen molar-refractivity contribution in [1.29, 1.82) is 0 Å². The van der Waals surface area contributed by atoms with E-state index in [2.05, 4.69) is 60.4 Å². The standard InChI is InChI=1S/C12H16N4/c1-9(2)12-13-15-16(14-12)8-11-6-4-10(3)5-7-11/h4-7,9H,8H2,1-3H3. The molecule has 0 aliphatic carbocycles. The third-order valence-corrected chi connectivity index (χ3v) is 2.43. The van der Waals surface area contributed by atoms with Crippen molar-refractivity contribution in [2.24, 2.45) is 0 Å². The molecular formula is C12H16N4. The quantitative estimate of drug-likeness (QED) is 0.789. The van der Waals surface area contributed by atoms with Gasteiger partial charge in [0.25, 0.3) is 0 Å². The highest BCUT2D eigenvalue weighted by Gasteiger charge is 2.06. The van der Waals surface area contributed by atoms with Crippen LogP contribution in [0.1, 0.15) is 36.7 Å². The van der Waals surface area contributed by atoms with Gasteiger partial charge in [-0.15, -0.1) is 10.2 Å². The molecule has 0 atom stereocenters. The lowest BCUT2D eigenvalue weighted by atomic mass is 10.1. The molecule has 0 aliphatic rings. The summed E-state index contributed by atoms with van der Waals surface area (Å²) >= 11 is 0. The lowest BCUT2D eigenvalue weighted by Gasteiger charge is -2.00. The van der Waals surface area contributed by atoms with E-state index in [1.165, 1.54) is 11.1 Å². The first-order valence-corrected chi connectivity index (χ1v) is 5.48. The monoisotopic (exact) mass is 216 g/mol. The van der Waals surface area contributed by atoms with Gasteiger partial charge in [0.2, 0.25) is 0 Å². The molecule has 1 aromatic heterocycles. The van der Waals surface area contributed by atoms with Gasteiger partial charge in [-0.25, -0.2) is 0 Å². The van der Waals surface area contributed by atoms with Crippen LogP contribution >= 0.6 is 0 Å². The van der Waals surface area contributed by atoms with Gasteiger partial charge in [0.1, 0.15) is 0 Å². The number of benzene rings is 1. The second-order valence-corrected chi connectivity index (χ2v) is 4.32. The van der Waals surface area contributed by atoms with Crippen molar-refractivity contribution in [3.05, 3.63) is 41.2 Å². The molecular weight excluding hydrogens is 200 g/mol. The average Bonchev–Trinajstić information content (AvgIpc) is 2.70. The van der Waals surface area contributed by atoms with Crippen LogP contribution in [0.4, 0.5) is 0 Å². The van der Waals surface area contributed by atoms with Crippen LogP contribution in [0, 0.1) is 6.92 Å². The Balaban J connectivity index is 2.11. The Bertz CT molecular complexity index is 456. The van der Waals surface area contributed by atoms with Crippen molar-refractivity contribution in [1.82, 2.24) is 20.2 Å². The molecule has 0 bridgehead atoms. The number of hydrogen-bond donors (Lipinski definition) is 0. The number of nitrogens with zero attached hydrogens (tertiary/aromatic N) is 4. The minimum Gasteiger partial charge on any atom is -0.160 e. The van der Waals surface area contributed by atoms with E-state index in [9.17, 15) is 0 Å². The second kappa shape index (κ2) is 4.43. The summed E-state index contributed by atoms with van der Waals surface area (Å²) in [6.45, 7) is 6.88. The summed E-state index contributed by atoms with van der Waals surface area (Å²) < 4.78 is 0. The number of aromatic nitrogens is 4. The number of rotatable bonds is 3. The maximum Gasteiger partial charge on any atom is 0.177 e. The van der Waals surface area contributed by atoms with E-state index in [4.69, 9.17) is 0 Å². The zero-order valence-electron chi connectivity index (χ0n) is 9.88. The van der Waals surface area contributed by atoms with Crippen molar-refractivity contribution in [2.45, 2.75) is 33.2 Å². The third kappa shape index (κ3) is 2.45. The summed E-state index contributed by atoms with van der Waals surface area (Å²) in [6.07, 6.45) is 0. The van der Waals surface area contributed by atoms with E-state index < -0.39 is 0 Å². The van der Waals surface area contributed by atoms with Crippen LogP contribution in [0.25, 0.3) is 0 Å². The molecule has 0 saturated heterocycles. The molecule has 1 heterocycles. The Kier molecular flexibility index (Phi) is 2.99.